The van der Waals surface area contributed by atoms with Crippen LogP contribution in [-0.4, -0.2) is 32.5 Å². The average molecular weight is 480 g/mol. The minimum atomic E-state index is -3.49. The maximum Gasteiger partial charge on any atom is 0.255 e. The number of amides is 2. The molecule has 3 aromatic carbocycles. The number of carbonyl (C=O) groups is 2. The van der Waals surface area contributed by atoms with E-state index < -0.39 is 10.0 Å². The van der Waals surface area contributed by atoms with Crippen molar-refractivity contribution in [2.24, 2.45) is 0 Å². The molecule has 178 valence electrons. The van der Waals surface area contributed by atoms with E-state index in [-0.39, 0.29) is 24.4 Å². The molecule has 1 atom stereocenters. The topological polar surface area (TPSA) is 95.6 Å². The standard InChI is InChI=1S/C26H29N3O4S/c1-4-19(2)27-26(31)23-12-8-9-13-24(23)28-25(30)21-16-14-20(15-17-21)18-29(34(3,32)33)22-10-6-5-7-11-22/h5-17,19H,4,18H2,1-3H3,(H,27,31)(H,28,30). The van der Waals surface area contributed by atoms with Gasteiger partial charge in [0.1, 0.15) is 0 Å². The summed E-state index contributed by atoms with van der Waals surface area (Å²) in [6.45, 7) is 4.05. The predicted octanol–water partition coefficient (Wildman–Crippen LogP) is 4.43. The maximum absolute atomic E-state index is 12.8. The molecule has 0 aliphatic carbocycles. The number of nitrogens with zero attached hydrogens (tertiary/aromatic N) is 1. The van der Waals surface area contributed by atoms with Crippen molar-refractivity contribution in [3.8, 4) is 0 Å². The van der Waals surface area contributed by atoms with Gasteiger partial charge in [0.2, 0.25) is 10.0 Å². The van der Waals surface area contributed by atoms with Gasteiger partial charge in [0.15, 0.2) is 0 Å². The lowest BCUT2D eigenvalue weighted by Crippen LogP contribution is -2.32. The fraction of sp³-hybridized carbons (Fsp3) is 0.231. The monoisotopic (exact) mass is 479 g/mol. The zero-order valence-corrected chi connectivity index (χ0v) is 20.3. The van der Waals surface area contributed by atoms with E-state index in [4.69, 9.17) is 0 Å². The lowest BCUT2D eigenvalue weighted by atomic mass is 10.1. The second-order valence-corrected chi connectivity index (χ2v) is 9.99. The highest BCUT2D eigenvalue weighted by Gasteiger charge is 2.18. The molecule has 0 aliphatic heterocycles. The summed E-state index contributed by atoms with van der Waals surface area (Å²) in [5.74, 6) is -0.610. The summed E-state index contributed by atoms with van der Waals surface area (Å²) < 4.78 is 25.9. The molecule has 1 unspecified atom stereocenters. The van der Waals surface area contributed by atoms with E-state index in [0.717, 1.165) is 18.2 Å². The Morgan fingerprint density at radius 1 is 0.882 bits per heavy atom. The van der Waals surface area contributed by atoms with Crippen LogP contribution in [0.5, 0.6) is 0 Å². The lowest BCUT2D eigenvalue weighted by molar-refractivity contribution is 0.0940. The average Bonchev–Trinajstić information content (AvgIpc) is 2.82. The Balaban J connectivity index is 1.75. The Bertz CT molecular complexity index is 1240. The van der Waals surface area contributed by atoms with Gasteiger partial charge in [-0.05, 0) is 55.3 Å². The number of rotatable bonds is 9. The number of anilines is 2. The molecular formula is C26H29N3O4S. The molecule has 0 saturated heterocycles. The van der Waals surface area contributed by atoms with Crippen molar-refractivity contribution >= 4 is 33.2 Å². The van der Waals surface area contributed by atoms with Gasteiger partial charge in [0, 0.05) is 11.6 Å². The van der Waals surface area contributed by atoms with Crippen LogP contribution in [0.4, 0.5) is 11.4 Å². The van der Waals surface area contributed by atoms with Crippen molar-refractivity contribution in [2.75, 3.05) is 15.9 Å². The number of sulfonamides is 1. The highest BCUT2D eigenvalue weighted by Crippen LogP contribution is 2.21. The number of nitrogens with one attached hydrogen (secondary N) is 2. The van der Waals surface area contributed by atoms with E-state index in [9.17, 15) is 18.0 Å². The smallest absolute Gasteiger partial charge is 0.255 e. The number of hydrogen-bond acceptors (Lipinski definition) is 4. The molecule has 0 radical (unpaired) electrons. The van der Waals surface area contributed by atoms with Gasteiger partial charge in [0.25, 0.3) is 11.8 Å². The molecule has 34 heavy (non-hydrogen) atoms. The zero-order valence-electron chi connectivity index (χ0n) is 19.5. The van der Waals surface area contributed by atoms with Crippen LogP contribution in [0.15, 0.2) is 78.9 Å². The van der Waals surface area contributed by atoms with Gasteiger partial charge in [0.05, 0.1) is 29.7 Å². The summed E-state index contributed by atoms with van der Waals surface area (Å²) >= 11 is 0. The fourth-order valence-corrected chi connectivity index (χ4v) is 4.20. The van der Waals surface area contributed by atoms with Crippen LogP contribution in [0.2, 0.25) is 0 Å². The van der Waals surface area contributed by atoms with Crippen LogP contribution in [-0.2, 0) is 16.6 Å². The molecule has 3 aromatic rings. The van der Waals surface area contributed by atoms with Gasteiger partial charge in [-0.2, -0.15) is 0 Å². The minimum Gasteiger partial charge on any atom is -0.350 e. The Morgan fingerprint density at radius 2 is 1.50 bits per heavy atom. The molecule has 2 amide bonds. The number of hydrogen-bond donors (Lipinski definition) is 2. The first kappa shape index (κ1) is 25.0. The van der Waals surface area contributed by atoms with Gasteiger partial charge >= 0.3 is 0 Å². The maximum atomic E-state index is 12.8. The number of benzene rings is 3. The predicted molar refractivity (Wildman–Crippen MR) is 136 cm³/mol. The van der Waals surface area contributed by atoms with Crippen molar-refractivity contribution in [3.05, 3.63) is 95.6 Å². The van der Waals surface area contributed by atoms with Crippen molar-refractivity contribution in [1.82, 2.24) is 5.32 Å². The summed E-state index contributed by atoms with van der Waals surface area (Å²) in [6.07, 6.45) is 1.96. The summed E-state index contributed by atoms with van der Waals surface area (Å²) in [5, 5.41) is 5.71. The SMILES string of the molecule is CCC(C)NC(=O)c1ccccc1NC(=O)c1ccc(CN(c2ccccc2)S(C)(=O)=O)cc1. The quantitative estimate of drug-likeness (QED) is 0.475. The first-order valence-corrected chi connectivity index (χ1v) is 12.9. The van der Waals surface area contributed by atoms with Gasteiger partial charge in [-0.1, -0.05) is 49.4 Å². The van der Waals surface area contributed by atoms with Gasteiger partial charge in [-0.15, -0.1) is 0 Å². The molecule has 0 spiro atoms. The molecule has 0 heterocycles. The van der Waals surface area contributed by atoms with Crippen LogP contribution < -0.4 is 14.9 Å². The van der Waals surface area contributed by atoms with Crippen molar-refractivity contribution in [3.63, 3.8) is 0 Å². The van der Waals surface area contributed by atoms with E-state index in [1.165, 1.54) is 4.31 Å². The molecule has 0 aliphatic rings. The molecule has 2 N–H and O–H groups in total. The Morgan fingerprint density at radius 3 is 2.12 bits per heavy atom. The van der Waals surface area contributed by atoms with E-state index >= 15 is 0 Å². The van der Waals surface area contributed by atoms with E-state index in [0.29, 0.717) is 22.5 Å². The number of para-hydroxylation sites is 2. The lowest BCUT2D eigenvalue weighted by Gasteiger charge is -2.22. The Kier molecular flexibility index (Phi) is 8.07. The van der Waals surface area contributed by atoms with Crippen molar-refractivity contribution in [1.29, 1.82) is 0 Å². The van der Waals surface area contributed by atoms with E-state index in [1.54, 1.807) is 72.8 Å². The molecule has 7 nitrogen and oxygen atoms in total. The highest BCUT2D eigenvalue weighted by molar-refractivity contribution is 7.92. The molecule has 0 aromatic heterocycles. The Hall–Kier alpha value is -3.65. The summed E-state index contributed by atoms with van der Waals surface area (Å²) in [7, 11) is -3.49. The van der Waals surface area contributed by atoms with Gasteiger partial charge < -0.3 is 10.6 Å². The van der Waals surface area contributed by atoms with Crippen molar-refractivity contribution in [2.45, 2.75) is 32.9 Å². The van der Waals surface area contributed by atoms with Crippen molar-refractivity contribution < 1.29 is 18.0 Å². The molecular weight excluding hydrogens is 450 g/mol. The van der Waals surface area contributed by atoms with Crippen LogP contribution in [0, 0.1) is 0 Å². The van der Waals surface area contributed by atoms with Crippen LogP contribution in [0.1, 0.15) is 46.5 Å². The third-order valence-electron chi connectivity index (χ3n) is 5.40. The second kappa shape index (κ2) is 11.0. The largest absolute Gasteiger partial charge is 0.350 e. The molecule has 8 heteroatoms. The Labute approximate surface area is 200 Å². The van der Waals surface area contributed by atoms with Crippen LogP contribution in [0.3, 0.4) is 0 Å². The molecule has 0 fully saturated rings. The zero-order chi connectivity index (χ0) is 24.7. The van der Waals surface area contributed by atoms with Crippen LogP contribution >= 0.6 is 0 Å². The normalized spacial score (nSPS) is 12.0. The summed E-state index contributed by atoms with van der Waals surface area (Å²) in [5.41, 5.74) is 2.51. The van der Waals surface area contributed by atoms with E-state index in [1.807, 2.05) is 19.9 Å². The van der Waals surface area contributed by atoms with Gasteiger partial charge in [-0.3, -0.25) is 13.9 Å². The third-order valence-corrected chi connectivity index (χ3v) is 6.54. The van der Waals surface area contributed by atoms with Crippen LogP contribution in [0.25, 0.3) is 0 Å². The first-order valence-electron chi connectivity index (χ1n) is 11.0. The third kappa shape index (κ3) is 6.45. The summed E-state index contributed by atoms with van der Waals surface area (Å²) in [4.78, 5) is 25.4. The molecule has 0 bridgehead atoms. The van der Waals surface area contributed by atoms with Gasteiger partial charge in [-0.25, -0.2) is 8.42 Å². The summed E-state index contributed by atoms with van der Waals surface area (Å²) in [6, 6.07) is 22.4. The fourth-order valence-electron chi connectivity index (χ4n) is 3.31. The second-order valence-electron chi connectivity index (χ2n) is 8.08. The molecule has 0 saturated carbocycles. The number of carbonyl (C=O) groups excluding carboxylic acids is 2. The molecule has 3 rings (SSSR count). The highest BCUT2D eigenvalue weighted by atomic mass is 32.2. The minimum absolute atomic E-state index is 0.0196. The van der Waals surface area contributed by atoms with E-state index in [2.05, 4.69) is 10.6 Å². The first-order chi connectivity index (χ1) is 16.2.